The Morgan fingerprint density at radius 3 is 2.05 bits per heavy atom. The predicted octanol–water partition coefficient (Wildman–Crippen LogP) is 5.10. The molecule has 0 radical (unpaired) electrons. The summed E-state index contributed by atoms with van der Waals surface area (Å²) >= 11 is 1.13. The molecule has 3 rings (SSSR count). The Bertz CT molecular complexity index is 1330. The second-order valence-electron chi connectivity index (χ2n) is 7.92. The Labute approximate surface area is 217 Å². The van der Waals surface area contributed by atoms with E-state index in [-0.39, 0.29) is 18.2 Å². The number of nitrogens with zero attached hydrogens (tertiary/aromatic N) is 1. The zero-order chi connectivity index (χ0) is 28.3. The summed E-state index contributed by atoms with van der Waals surface area (Å²) in [4.78, 5) is 12.7. The number of carbonyl (C=O) groups is 1. The number of hydroxylamine groups is 1. The largest absolute Gasteiger partial charge is 0.497 e. The van der Waals surface area contributed by atoms with Crippen molar-refractivity contribution in [3.8, 4) is 5.75 Å². The molecule has 0 unspecified atom stereocenters. The number of hydrogen-bond acceptors (Lipinski definition) is 6. The molecular formula is C23H20F6N2O5S2. The van der Waals surface area contributed by atoms with Crippen molar-refractivity contribution in [2.24, 2.45) is 0 Å². The maximum atomic E-state index is 13.7. The van der Waals surface area contributed by atoms with Gasteiger partial charge >= 0.3 is 12.4 Å². The highest BCUT2D eigenvalue weighted by molar-refractivity contribution is 7.89. The number of thiophene rings is 1. The molecular weight excluding hydrogens is 562 g/mol. The van der Waals surface area contributed by atoms with Crippen LogP contribution in [0.2, 0.25) is 0 Å². The SMILES string of the molecule is COc1ccc(S(=O)(=O)N(Cc2cc(C(F)(F)F)cc(C(F)(F)F)c2)[C@H](Cc2cccs2)C(=O)NO)cc1. The van der Waals surface area contributed by atoms with Crippen molar-refractivity contribution in [1.82, 2.24) is 9.79 Å². The molecule has 15 heteroatoms. The van der Waals surface area contributed by atoms with Crippen molar-refractivity contribution in [2.45, 2.75) is 36.3 Å². The number of benzene rings is 2. The molecule has 0 saturated carbocycles. The standard InChI is InChI=1S/C23H20F6N2O5S2/c1-36-17-4-6-19(7-5-17)38(34,35)31(20(21(32)30-33)12-18-3-2-8-37-18)13-14-9-15(22(24,25)26)11-16(10-14)23(27,28)29/h2-11,20,33H,12-13H2,1H3,(H,30,32)/t20-/m1/s1. The lowest BCUT2D eigenvalue weighted by Gasteiger charge is -2.30. The van der Waals surface area contributed by atoms with Gasteiger partial charge in [0.1, 0.15) is 11.8 Å². The zero-order valence-corrected chi connectivity index (χ0v) is 21.0. The Morgan fingerprint density at radius 1 is 1.03 bits per heavy atom. The van der Waals surface area contributed by atoms with Gasteiger partial charge < -0.3 is 4.74 Å². The Kier molecular flexibility index (Phi) is 8.75. The number of hydrogen-bond donors (Lipinski definition) is 2. The smallest absolute Gasteiger partial charge is 0.416 e. The summed E-state index contributed by atoms with van der Waals surface area (Å²) in [6.45, 7) is -1.05. The van der Waals surface area contributed by atoms with Crippen LogP contribution in [0.3, 0.4) is 0 Å². The minimum Gasteiger partial charge on any atom is -0.497 e. The van der Waals surface area contributed by atoms with Crippen LogP contribution in [0, 0.1) is 0 Å². The van der Waals surface area contributed by atoms with Gasteiger partial charge in [-0.15, -0.1) is 11.3 Å². The molecule has 2 N–H and O–H groups in total. The average molecular weight is 583 g/mol. The fourth-order valence-electron chi connectivity index (χ4n) is 3.56. The molecule has 1 atom stereocenters. The summed E-state index contributed by atoms with van der Waals surface area (Å²) < 4.78 is 113. The van der Waals surface area contributed by atoms with E-state index < -0.39 is 62.5 Å². The average Bonchev–Trinajstić information content (AvgIpc) is 3.37. The fourth-order valence-corrected chi connectivity index (χ4v) is 5.87. The molecule has 7 nitrogen and oxygen atoms in total. The van der Waals surface area contributed by atoms with Crippen molar-refractivity contribution in [3.63, 3.8) is 0 Å². The molecule has 0 aliphatic carbocycles. The van der Waals surface area contributed by atoms with Crippen LogP contribution in [-0.4, -0.2) is 37.0 Å². The number of methoxy groups -OCH3 is 1. The lowest BCUT2D eigenvalue weighted by Crippen LogP contribution is -2.49. The van der Waals surface area contributed by atoms with Gasteiger partial charge in [0.15, 0.2) is 0 Å². The number of nitrogens with one attached hydrogen (secondary N) is 1. The molecule has 0 aliphatic rings. The lowest BCUT2D eigenvalue weighted by molar-refractivity contribution is -0.143. The van der Waals surface area contributed by atoms with Crippen molar-refractivity contribution in [2.75, 3.05) is 7.11 Å². The van der Waals surface area contributed by atoms with Gasteiger partial charge in [-0.05, 0) is 59.5 Å². The monoisotopic (exact) mass is 582 g/mol. The Hall–Kier alpha value is -3.14. The van der Waals surface area contributed by atoms with E-state index in [1.54, 1.807) is 17.5 Å². The van der Waals surface area contributed by atoms with Crippen molar-refractivity contribution < 1.29 is 49.5 Å². The summed E-state index contributed by atoms with van der Waals surface area (Å²) in [5.74, 6) is -0.968. The van der Waals surface area contributed by atoms with Gasteiger partial charge in [-0.1, -0.05) is 6.07 Å². The van der Waals surface area contributed by atoms with E-state index in [2.05, 4.69) is 0 Å². The first-order chi connectivity index (χ1) is 17.7. The summed E-state index contributed by atoms with van der Waals surface area (Å²) in [7, 11) is -3.41. The molecule has 1 heterocycles. The van der Waals surface area contributed by atoms with Crippen LogP contribution in [0.1, 0.15) is 21.6 Å². The van der Waals surface area contributed by atoms with Crippen LogP contribution in [0.15, 0.2) is 64.9 Å². The van der Waals surface area contributed by atoms with Crippen LogP contribution in [0.5, 0.6) is 5.75 Å². The molecule has 0 spiro atoms. The first kappa shape index (κ1) is 29.4. The zero-order valence-electron chi connectivity index (χ0n) is 19.4. The van der Waals surface area contributed by atoms with Gasteiger partial charge in [-0.2, -0.15) is 30.6 Å². The molecule has 2 aromatic carbocycles. The summed E-state index contributed by atoms with van der Waals surface area (Å²) in [6.07, 6.45) is -10.7. The summed E-state index contributed by atoms with van der Waals surface area (Å²) in [5.41, 5.74) is -2.63. The lowest BCUT2D eigenvalue weighted by atomic mass is 10.0. The highest BCUT2D eigenvalue weighted by Gasteiger charge is 2.40. The van der Waals surface area contributed by atoms with Crippen LogP contribution in [-0.2, 0) is 40.1 Å². The van der Waals surface area contributed by atoms with Crippen molar-refractivity contribution in [3.05, 3.63) is 81.5 Å². The van der Waals surface area contributed by atoms with Gasteiger partial charge in [-0.25, -0.2) is 13.9 Å². The highest BCUT2D eigenvalue weighted by Crippen LogP contribution is 2.37. The number of amides is 1. The van der Waals surface area contributed by atoms with Gasteiger partial charge in [-0.3, -0.25) is 10.0 Å². The highest BCUT2D eigenvalue weighted by atomic mass is 32.2. The number of alkyl halides is 6. The summed E-state index contributed by atoms with van der Waals surface area (Å²) in [6, 6.07) is 6.83. The Balaban J connectivity index is 2.20. The molecule has 0 fully saturated rings. The molecule has 206 valence electrons. The number of rotatable bonds is 9. The van der Waals surface area contributed by atoms with Crippen LogP contribution < -0.4 is 10.2 Å². The van der Waals surface area contributed by atoms with E-state index in [1.807, 2.05) is 0 Å². The third-order valence-electron chi connectivity index (χ3n) is 5.39. The number of carbonyl (C=O) groups excluding carboxylic acids is 1. The molecule has 0 aliphatic heterocycles. The number of sulfonamides is 1. The van der Waals surface area contributed by atoms with E-state index in [4.69, 9.17) is 4.74 Å². The molecule has 1 amide bonds. The third kappa shape index (κ3) is 6.83. The fraction of sp³-hybridized carbons (Fsp3) is 0.261. The molecule has 0 bridgehead atoms. The minimum atomic E-state index is -5.17. The second-order valence-corrected chi connectivity index (χ2v) is 10.8. The number of ether oxygens (including phenoxy) is 1. The van der Waals surface area contributed by atoms with Crippen LogP contribution in [0.25, 0.3) is 0 Å². The van der Waals surface area contributed by atoms with Gasteiger partial charge in [0.2, 0.25) is 10.0 Å². The molecule has 38 heavy (non-hydrogen) atoms. The number of halogens is 6. The predicted molar refractivity (Wildman–Crippen MR) is 124 cm³/mol. The molecule has 1 aromatic heterocycles. The van der Waals surface area contributed by atoms with Crippen LogP contribution in [0.4, 0.5) is 26.3 Å². The molecule has 0 saturated heterocycles. The van der Waals surface area contributed by atoms with E-state index >= 15 is 0 Å². The van der Waals surface area contributed by atoms with Gasteiger partial charge in [0.05, 0.1) is 23.1 Å². The quantitative estimate of drug-likeness (QED) is 0.208. The molecule has 3 aromatic rings. The Morgan fingerprint density at radius 2 is 1.61 bits per heavy atom. The van der Waals surface area contributed by atoms with Crippen LogP contribution >= 0.6 is 11.3 Å². The first-order valence-corrected chi connectivity index (χ1v) is 12.9. The third-order valence-corrected chi connectivity index (χ3v) is 8.15. The second kappa shape index (κ2) is 11.3. The van der Waals surface area contributed by atoms with E-state index in [0.717, 1.165) is 23.5 Å². The first-order valence-electron chi connectivity index (χ1n) is 10.6. The maximum Gasteiger partial charge on any atom is 0.416 e. The van der Waals surface area contributed by atoms with Crippen molar-refractivity contribution in [1.29, 1.82) is 0 Å². The minimum absolute atomic E-state index is 0.0879. The van der Waals surface area contributed by atoms with E-state index in [9.17, 15) is 44.8 Å². The topological polar surface area (TPSA) is 95.9 Å². The van der Waals surface area contributed by atoms with E-state index in [0.29, 0.717) is 21.3 Å². The maximum absolute atomic E-state index is 13.7. The van der Waals surface area contributed by atoms with E-state index in [1.165, 1.54) is 24.7 Å². The van der Waals surface area contributed by atoms with Gasteiger partial charge in [0.25, 0.3) is 5.91 Å². The summed E-state index contributed by atoms with van der Waals surface area (Å²) in [5, 5.41) is 10.9. The van der Waals surface area contributed by atoms with Gasteiger partial charge in [0, 0.05) is 17.8 Å². The normalized spacial score (nSPS) is 13.4. The van der Waals surface area contributed by atoms with Crippen molar-refractivity contribution >= 4 is 27.3 Å².